The fourth-order valence-corrected chi connectivity index (χ4v) is 2.78. The van der Waals surface area contributed by atoms with Crippen molar-refractivity contribution in [1.82, 2.24) is 0 Å². The van der Waals surface area contributed by atoms with Gasteiger partial charge in [0.25, 0.3) is 0 Å². The third-order valence-corrected chi connectivity index (χ3v) is 3.10. The van der Waals surface area contributed by atoms with Crippen LogP contribution in [0.3, 0.4) is 0 Å². The van der Waals surface area contributed by atoms with Crippen molar-refractivity contribution in [3.05, 3.63) is 0 Å². The van der Waals surface area contributed by atoms with Crippen LogP contribution < -0.4 is 0 Å². The van der Waals surface area contributed by atoms with Crippen molar-refractivity contribution in [3.63, 3.8) is 0 Å². The van der Waals surface area contributed by atoms with Crippen LogP contribution in [-0.4, -0.2) is 18.0 Å². The van der Waals surface area contributed by atoms with Crippen molar-refractivity contribution in [2.75, 3.05) is 11.9 Å². The maximum Gasteiger partial charge on any atom is 0.0583 e. The summed E-state index contributed by atoms with van der Waals surface area (Å²) in [5, 5.41) is 0.957. The molecular weight excluding hydrogens is 228 g/mol. The summed E-state index contributed by atoms with van der Waals surface area (Å²) in [4.78, 5) is 0. The summed E-state index contributed by atoms with van der Waals surface area (Å²) in [5.74, 6) is 0.823. The molecule has 0 aromatic heterocycles. The molecule has 2 unspecified atom stereocenters. The molecule has 1 fully saturated rings. The van der Waals surface area contributed by atoms with Gasteiger partial charge in [0.1, 0.15) is 0 Å². The predicted octanol–water partition coefficient (Wildman–Crippen LogP) is 3.61. The molecule has 1 nitrogen and oxygen atoms in total. The smallest absolute Gasteiger partial charge is 0.0583 e. The van der Waals surface area contributed by atoms with Crippen LogP contribution >= 0.6 is 15.9 Å². The quantitative estimate of drug-likeness (QED) is 0.694. The number of ether oxygens (including phenoxy) is 1. The highest BCUT2D eigenvalue weighted by Crippen LogP contribution is 2.39. The summed E-state index contributed by atoms with van der Waals surface area (Å²) in [6.45, 7) is 7.90. The van der Waals surface area contributed by atoms with E-state index in [1.54, 1.807) is 0 Å². The molecule has 0 N–H and O–H groups in total. The van der Waals surface area contributed by atoms with Gasteiger partial charge in [-0.2, -0.15) is 0 Å². The molecule has 1 rings (SSSR count). The lowest BCUT2D eigenvalue weighted by Crippen LogP contribution is -2.32. The zero-order chi connectivity index (χ0) is 9.90. The SMILES string of the molecule is CC1CC(OCCBr)CC(C)(C)C1. The van der Waals surface area contributed by atoms with Gasteiger partial charge in [-0.05, 0) is 30.6 Å². The Morgan fingerprint density at radius 3 is 2.62 bits per heavy atom. The second-order valence-electron chi connectivity index (χ2n) is 5.10. The summed E-state index contributed by atoms with van der Waals surface area (Å²) >= 11 is 3.39. The Labute approximate surface area is 90.4 Å². The average molecular weight is 249 g/mol. The average Bonchev–Trinajstić information content (AvgIpc) is 1.97. The van der Waals surface area contributed by atoms with Crippen molar-refractivity contribution in [2.24, 2.45) is 11.3 Å². The number of alkyl halides is 1. The third-order valence-electron chi connectivity index (χ3n) is 2.78. The first-order valence-corrected chi connectivity index (χ1v) is 6.33. The van der Waals surface area contributed by atoms with E-state index in [2.05, 4.69) is 36.7 Å². The van der Waals surface area contributed by atoms with Crippen LogP contribution in [0, 0.1) is 11.3 Å². The molecule has 0 spiro atoms. The minimum Gasteiger partial charge on any atom is -0.377 e. The van der Waals surface area contributed by atoms with Crippen molar-refractivity contribution < 1.29 is 4.74 Å². The van der Waals surface area contributed by atoms with E-state index < -0.39 is 0 Å². The Balaban J connectivity index is 2.38. The maximum absolute atomic E-state index is 5.79. The summed E-state index contributed by atoms with van der Waals surface area (Å²) in [6, 6.07) is 0. The Hall–Kier alpha value is 0.440. The van der Waals surface area contributed by atoms with E-state index in [1.165, 1.54) is 19.3 Å². The van der Waals surface area contributed by atoms with Crippen molar-refractivity contribution in [3.8, 4) is 0 Å². The highest BCUT2D eigenvalue weighted by atomic mass is 79.9. The first kappa shape index (κ1) is 11.5. The third kappa shape index (κ3) is 3.99. The van der Waals surface area contributed by atoms with Crippen molar-refractivity contribution in [1.29, 1.82) is 0 Å². The molecule has 0 heterocycles. The molecule has 2 atom stereocenters. The Kier molecular flexibility index (Phi) is 4.24. The van der Waals surface area contributed by atoms with Gasteiger partial charge in [0, 0.05) is 5.33 Å². The zero-order valence-electron chi connectivity index (χ0n) is 8.98. The molecule has 1 aliphatic rings. The predicted molar refractivity (Wildman–Crippen MR) is 60.3 cm³/mol. The summed E-state index contributed by atoms with van der Waals surface area (Å²) < 4.78 is 5.79. The summed E-state index contributed by atoms with van der Waals surface area (Å²) in [7, 11) is 0. The van der Waals surface area contributed by atoms with E-state index in [0.717, 1.165) is 17.9 Å². The molecule has 1 saturated carbocycles. The van der Waals surface area contributed by atoms with Crippen LogP contribution in [0.5, 0.6) is 0 Å². The van der Waals surface area contributed by atoms with Crippen LogP contribution in [0.1, 0.15) is 40.0 Å². The topological polar surface area (TPSA) is 9.23 Å². The largest absolute Gasteiger partial charge is 0.377 e. The summed E-state index contributed by atoms with van der Waals surface area (Å²) in [5.41, 5.74) is 0.481. The van der Waals surface area contributed by atoms with Gasteiger partial charge < -0.3 is 4.74 Å². The van der Waals surface area contributed by atoms with Crippen molar-refractivity contribution in [2.45, 2.75) is 46.1 Å². The minimum atomic E-state index is 0.481. The van der Waals surface area contributed by atoms with Gasteiger partial charge in [-0.3, -0.25) is 0 Å². The van der Waals surface area contributed by atoms with Crippen LogP contribution in [0.15, 0.2) is 0 Å². The normalized spacial score (nSPS) is 33.2. The van der Waals surface area contributed by atoms with Crippen LogP contribution in [0.25, 0.3) is 0 Å². The van der Waals surface area contributed by atoms with E-state index in [-0.39, 0.29) is 0 Å². The molecule has 2 heteroatoms. The van der Waals surface area contributed by atoms with Gasteiger partial charge in [-0.1, -0.05) is 36.7 Å². The number of halogens is 1. The molecular formula is C11H21BrO. The molecule has 0 bridgehead atoms. The highest BCUT2D eigenvalue weighted by Gasteiger charge is 2.32. The molecule has 13 heavy (non-hydrogen) atoms. The first-order valence-electron chi connectivity index (χ1n) is 5.21. The van der Waals surface area contributed by atoms with E-state index in [4.69, 9.17) is 4.74 Å². The van der Waals surface area contributed by atoms with E-state index >= 15 is 0 Å². The lowest BCUT2D eigenvalue weighted by atomic mass is 9.71. The minimum absolute atomic E-state index is 0.481. The standard InChI is InChI=1S/C11H21BrO/c1-9-6-10(13-5-4-12)8-11(2,3)7-9/h9-10H,4-8H2,1-3H3. The first-order chi connectivity index (χ1) is 6.03. The lowest BCUT2D eigenvalue weighted by Gasteiger charge is -2.38. The second-order valence-corrected chi connectivity index (χ2v) is 5.89. The molecule has 0 radical (unpaired) electrons. The van der Waals surface area contributed by atoms with Crippen molar-refractivity contribution >= 4 is 15.9 Å². The number of rotatable bonds is 3. The van der Waals surface area contributed by atoms with Gasteiger partial charge in [0.2, 0.25) is 0 Å². The molecule has 1 aliphatic carbocycles. The second kappa shape index (κ2) is 4.79. The van der Waals surface area contributed by atoms with Gasteiger partial charge in [0.05, 0.1) is 12.7 Å². The van der Waals surface area contributed by atoms with Crippen LogP contribution in [-0.2, 0) is 4.74 Å². The Morgan fingerprint density at radius 1 is 1.38 bits per heavy atom. The lowest BCUT2D eigenvalue weighted by molar-refractivity contribution is -0.0159. The monoisotopic (exact) mass is 248 g/mol. The molecule has 0 amide bonds. The maximum atomic E-state index is 5.79. The fraction of sp³-hybridized carbons (Fsp3) is 1.00. The Bertz CT molecular complexity index is 156. The van der Waals surface area contributed by atoms with Gasteiger partial charge in [0.15, 0.2) is 0 Å². The molecule has 0 aliphatic heterocycles. The van der Waals surface area contributed by atoms with Crippen LogP contribution in [0.4, 0.5) is 0 Å². The zero-order valence-corrected chi connectivity index (χ0v) is 10.6. The van der Waals surface area contributed by atoms with Gasteiger partial charge >= 0.3 is 0 Å². The van der Waals surface area contributed by atoms with E-state index in [0.29, 0.717) is 11.5 Å². The Morgan fingerprint density at radius 2 is 2.08 bits per heavy atom. The molecule has 0 saturated heterocycles. The number of hydrogen-bond acceptors (Lipinski definition) is 1. The van der Waals surface area contributed by atoms with E-state index in [1.807, 2.05) is 0 Å². The molecule has 0 aromatic carbocycles. The molecule has 0 aromatic rings. The van der Waals surface area contributed by atoms with Gasteiger partial charge in [-0.25, -0.2) is 0 Å². The molecule has 78 valence electrons. The van der Waals surface area contributed by atoms with Gasteiger partial charge in [-0.15, -0.1) is 0 Å². The highest BCUT2D eigenvalue weighted by molar-refractivity contribution is 9.09. The van der Waals surface area contributed by atoms with E-state index in [9.17, 15) is 0 Å². The number of hydrogen-bond donors (Lipinski definition) is 0. The fourth-order valence-electron chi connectivity index (χ4n) is 2.60. The van der Waals surface area contributed by atoms with Crippen LogP contribution in [0.2, 0.25) is 0 Å². The summed E-state index contributed by atoms with van der Waals surface area (Å²) in [6.07, 6.45) is 4.32.